The summed E-state index contributed by atoms with van der Waals surface area (Å²) < 4.78 is 52.8. The maximum atomic E-state index is 12.1. The van der Waals surface area contributed by atoms with Gasteiger partial charge in [0.15, 0.2) is 0 Å². The quantitative estimate of drug-likeness (QED) is 0.454. The van der Waals surface area contributed by atoms with E-state index < -0.39 is 20.0 Å². The number of hydrogen-bond acceptors (Lipinski definition) is 5. The molecule has 0 aliphatic heterocycles. The maximum absolute atomic E-state index is 12.1. The Morgan fingerprint density at radius 1 is 0.880 bits per heavy atom. The van der Waals surface area contributed by atoms with Gasteiger partial charge in [-0.3, -0.25) is 4.72 Å². The lowest BCUT2D eigenvalue weighted by molar-refractivity contribution is 0.575. The second-order valence-electron chi connectivity index (χ2n) is 5.45. The molecular formula is C15H28ClN3O4S2. The van der Waals surface area contributed by atoms with E-state index in [0.717, 1.165) is 19.4 Å². The molecule has 1 rings (SSSR count). The highest BCUT2D eigenvalue weighted by molar-refractivity contribution is 7.92. The van der Waals surface area contributed by atoms with Gasteiger partial charge < -0.3 is 5.32 Å². The van der Waals surface area contributed by atoms with Gasteiger partial charge in [-0.1, -0.05) is 20.3 Å². The molecule has 0 aliphatic rings. The van der Waals surface area contributed by atoms with Gasteiger partial charge in [-0.05, 0) is 43.7 Å². The molecule has 0 saturated heterocycles. The van der Waals surface area contributed by atoms with Crippen LogP contribution in [0.1, 0.15) is 33.1 Å². The number of rotatable bonds is 12. The second kappa shape index (κ2) is 11.7. The molecular weight excluding hydrogens is 386 g/mol. The van der Waals surface area contributed by atoms with E-state index in [9.17, 15) is 16.8 Å². The summed E-state index contributed by atoms with van der Waals surface area (Å²) in [5, 5.41) is 3.11. The van der Waals surface area contributed by atoms with Gasteiger partial charge in [0.2, 0.25) is 20.0 Å². The molecule has 3 N–H and O–H groups in total. The Labute approximate surface area is 157 Å². The highest BCUT2D eigenvalue weighted by Crippen LogP contribution is 2.15. The van der Waals surface area contributed by atoms with Crippen LogP contribution in [0.25, 0.3) is 0 Å². The number of hydrogen-bond donors (Lipinski definition) is 3. The first-order valence-electron chi connectivity index (χ1n) is 8.11. The fourth-order valence-electron chi connectivity index (χ4n) is 1.93. The fourth-order valence-corrected chi connectivity index (χ4v) is 4.22. The van der Waals surface area contributed by atoms with Crippen molar-refractivity contribution in [2.24, 2.45) is 0 Å². The topological polar surface area (TPSA) is 104 Å². The lowest BCUT2D eigenvalue weighted by Gasteiger charge is -2.10. The Morgan fingerprint density at radius 2 is 1.52 bits per heavy atom. The number of benzene rings is 1. The van der Waals surface area contributed by atoms with Crippen molar-refractivity contribution in [2.75, 3.05) is 30.1 Å². The van der Waals surface area contributed by atoms with Gasteiger partial charge >= 0.3 is 0 Å². The van der Waals surface area contributed by atoms with E-state index in [1.54, 1.807) is 0 Å². The lowest BCUT2D eigenvalue weighted by Crippen LogP contribution is -2.32. The summed E-state index contributed by atoms with van der Waals surface area (Å²) in [6.45, 7) is 5.65. The van der Waals surface area contributed by atoms with E-state index in [1.807, 2.05) is 13.8 Å². The first-order valence-corrected chi connectivity index (χ1v) is 11.2. The number of unbranched alkanes of at least 4 members (excludes halogenated alkanes) is 1. The van der Waals surface area contributed by atoms with Gasteiger partial charge in [-0.25, -0.2) is 21.6 Å². The van der Waals surface area contributed by atoms with E-state index in [2.05, 4.69) is 14.8 Å². The number of halogens is 1. The third kappa shape index (κ3) is 9.41. The van der Waals surface area contributed by atoms with E-state index in [-0.39, 0.29) is 23.1 Å². The van der Waals surface area contributed by atoms with E-state index in [1.165, 1.54) is 24.3 Å². The van der Waals surface area contributed by atoms with Crippen molar-refractivity contribution >= 4 is 38.1 Å². The van der Waals surface area contributed by atoms with Crippen molar-refractivity contribution in [3.05, 3.63) is 24.3 Å². The Bertz CT molecular complexity index is 692. The minimum Gasteiger partial charge on any atom is -0.315 e. The Morgan fingerprint density at radius 3 is 2.08 bits per heavy atom. The van der Waals surface area contributed by atoms with Crippen LogP contribution < -0.4 is 14.8 Å². The Hall–Kier alpha value is -0.870. The molecule has 7 nitrogen and oxygen atoms in total. The summed E-state index contributed by atoms with van der Waals surface area (Å²) in [6.07, 6.45) is 2.36. The highest BCUT2D eigenvalue weighted by Gasteiger charge is 2.14. The molecule has 0 atom stereocenters. The van der Waals surface area contributed by atoms with Gasteiger partial charge in [0.25, 0.3) is 0 Å². The Kier molecular flexibility index (Phi) is 11.3. The summed E-state index contributed by atoms with van der Waals surface area (Å²) in [7, 11) is -6.98. The van der Waals surface area contributed by atoms with Crippen molar-refractivity contribution in [2.45, 2.75) is 38.0 Å². The predicted octanol–water partition coefficient (Wildman–Crippen LogP) is 1.93. The number of nitrogens with one attached hydrogen (secondary N) is 3. The van der Waals surface area contributed by atoms with Crippen LogP contribution in [-0.2, 0) is 20.0 Å². The van der Waals surface area contributed by atoms with Crippen LogP contribution >= 0.6 is 12.4 Å². The zero-order chi connectivity index (χ0) is 18.1. The van der Waals surface area contributed by atoms with Crippen molar-refractivity contribution < 1.29 is 16.8 Å². The average molecular weight is 414 g/mol. The first kappa shape index (κ1) is 24.1. The maximum Gasteiger partial charge on any atom is 0.240 e. The van der Waals surface area contributed by atoms with Crippen LogP contribution in [0.2, 0.25) is 0 Å². The van der Waals surface area contributed by atoms with Gasteiger partial charge in [0.1, 0.15) is 0 Å². The zero-order valence-corrected chi connectivity index (χ0v) is 17.1. The summed E-state index contributed by atoms with van der Waals surface area (Å²) in [6, 6.07) is 5.68. The molecule has 146 valence electrons. The third-order valence-electron chi connectivity index (χ3n) is 3.23. The monoisotopic (exact) mass is 413 g/mol. The molecule has 1 aromatic rings. The minimum atomic E-state index is -3.59. The van der Waals surface area contributed by atoms with Crippen LogP contribution in [0, 0.1) is 0 Å². The summed E-state index contributed by atoms with van der Waals surface area (Å²) >= 11 is 0. The van der Waals surface area contributed by atoms with Gasteiger partial charge in [0.05, 0.1) is 10.6 Å². The van der Waals surface area contributed by atoms with Crippen LogP contribution in [0.5, 0.6) is 0 Å². The SMILES string of the molecule is CCCCS(=O)(=O)Nc1ccc(S(=O)(=O)NCCNCCC)cc1.Cl. The van der Waals surface area contributed by atoms with Crippen LogP contribution in [0.4, 0.5) is 5.69 Å². The molecule has 25 heavy (non-hydrogen) atoms. The van der Waals surface area contributed by atoms with Crippen molar-refractivity contribution in [1.29, 1.82) is 0 Å². The standard InChI is InChI=1S/C15H27N3O4S2.ClH/c1-3-5-13-23(19,20)18-14-6-8-15(9-7-14)24(21,22)17-12-11-16-10-4-2;/h6-9,16-18H,3-5,10-13H2,1-2H3;1H. The van der Waals surface area contributed by atoms with Crippen molar-refractivity contribution in [1.82, 2.24) is 10.0 Å². The van der Waals surface area contributed by atoms with Gasteiger partial charge in [-0.15, -0.1) is 12.4 Å². The molecule has 0 aromatic heterocycles. The average Bonchev–Trinajstić information content (AvgIpc) is 2.53. The first-order chi connectivity index (χ1) is 11.3. The van der Waals surface area contributed by atoms with Crippen LogP contribution in [-0.4, -0.2) is 42.2 Å². The van der Waals surface area contributed by atoms with Crippen LogP contribution in [0.3, 0.4) is 0 Å². The molecule has 0 bridgehead atoms. The minimum absolute atomic E-state index is 0. The summed E-state index contributed by atoms with van der Waals surface area (Å²) in [4.78, 5) is 0.106. The smallest absolute Gasteiger partial charge is 0.240 e. The molecule has 0 radical (unpaired) electrons. The third-order valence-corrected chi connectivity index (χ3v) is 6.07. The molecule has 1 aromatic carbocycles. The second-order valence-corrected chi connectivity index (χ2v) is 9.06. The molecule has 10 heteroatoms. The molecule has 0 amide bonds. The van der Waals surface area contributed by atoms with Crippen molar-refractivity contribution in [3.8, 4) is 0 Å². The Balaban J connectivity index is 0.00000576. The highest BCUT2D eigenvalue weighted by atomic mass is 35.5. The molecule has 0 fully saturated rings. The molecule has 0 unspecified atom stereocenters. The predicted molar refractivity (Wildman–Crippen MR) is 104 cm³/mol. The normalized spacial score (nSPS) is 11.8. The van der Waals surface area contributed by atoms with E-state index in [4.69, 9.17) is 0 Å². The summed E-state index contributed by atoms with van der Waals surface area (Å²) in [5.74, 6) is 0.0515. The van der Waals surface area contributed by atoms with Gasteiger partial charge in [-0.2, -0.15) is 0 Å². The van der Waals surface area contributed by atoms with Crippen molar-refractivity contribution in [3.63, 3.8) is 0 Å². The largest absolute Gasteiger partial charge is 0.315 e. The molecule has 0 heterocycles. The lowest BCUT2D eigenvalue weighted by atomic mass is 10.3. The van der Waals surface area contributed by atoms with Crippen LogP contribution in [0.15, 0.2) is 29.2 Å². The molecule has 0 spiro atoms. The molecule has 0 saturated carbocycles. The van der Waals surface area contributed by atoms with E-state index >= 15 is 0 Å². The zero-order valence-electron chi connectivity index (χ0n) is 14.6. The fraction of sp³-hybridized carbons (Fsp3) is 0.600. The number of sulfonamides is 2. The summed E-state index contributed by atoms with van der Waals surface area (Å²) in [5.41, 5.74) is 0.356. The number of anilines is 1. The van der Waals surface area contributed by atoms with Gasteiger partial charge in [0, 0.05) is 18.8 Å². The van der Waals surface area contributed by atoms with E-state index in [0.29, 0.717) is 25.2 Å². The molecule has 0 aliphatic carbocycles.